The van der Waals surface area contributed by atoms with Crippen molar-refractivity contribution in [2.45, 2.75) is 57.5 Å². The van der Waals surface area contributed by atoms with Gasteiger partial charge in [0.1, 0.15) is 0 Å². The van der Waals surface area contributed by atoms with Gasteiger partial charge >= 0.3 is 0 Å². The zero-order valence-electron chi connectivity index (χ0n) is 12.4. The van der Waals surface area contributed by atoms with E-state index in [1.807, 2.05) is 11.8 Å². The second-order valence-corrected chi connectivity index (χ2v) is 5.89. The summed E-state index contributed by atoms with van der Waals surface area (Å²) in [5.74, 6) is 0.243. The van der Waals surface area contributed by atoms with E-state index in [2.05, 4.69) is 4.90 Å². The Bertz CT molecular complexity index is 284. The number of likely N-dealkylation sites (tertiary alicyclic amines) is 2. The highest BCUT2D eigenvalue weighted by molar-refractivity contribution is 5.85. The molecule has 0 bridgehead atoms. The summed E-state index contributed by atoms with van der Waals surface area (Å²) in [5, 5.41) is 0. The van der Waals surface area contributed by atoms with Crippen LogP contribution in [0.4, 0.5) is 0 Å². The molecule has 0 aliphatic carbocycles. The van der Waals surface area contributed by atoms with Gasteiger partial charge in [-0.25, -0.2) is 0 Å². The maximum Gasteiger partial charge on any atom is 0.224 e. The zero-order chi connectivity index (χ0) is 13.0. The van der Waals surface area contributed by atoms with E-state index in [9.17, 15) is 4.79 Å². The van der Waals surface area contributed by atoms with Gasteiger partial charge in [0.15, 0.2) is 0 Å². The van der Waals surface area contributed by atoms with Crippen molar-refractivity contribution in [3.8, 4) is 0 Å². The van der Waals surface area contributed by atoms with E-state index in [0.717, 1.165) is 25.9 Å². The molecule has 120 valence electrons. The third-order valence-corrected chi connectivity index (χ3v) is 4.20. The summed E-state index contributed by atoms with van der Waals surface area (Å²) in [4.78, 5) is 16.7. The first-order chi connectivity index (χ1) is 8.66. The van der Waals surface area contributed by atoms with Crippen LogP contribution in [-0.2, 0) is 4.79 Å². The molecule has 2 unspecified atom stereocenters. The van der Waals surface area contributed by atoms with Gasteiger partial charge < -0.3 is 15.5 Å². The van der Waals surface area contributed by atoms with Gasteiger partial charge in [-0.3, -0.25) is 4.79 Å². The van der Waals surface area contributed by atoms with Crippen molar-refractivity contribution >= 4 is 30.7 Å². The molecule has 2 aliphatic heterocycles. The molecular weight excluding hydrogens is 297 g/mol. The topological polar surface area (TPSA) is 49.6 Å². The van der Waals surface area contributed by atoms with Crippen LogP contribution in [0.2, 0.25) is 0 Å². The number of hydrogen-bond acceptors (Lipinski definition) is 3. The summed E-state index contributed by atoms with van der Waals surface area (Å²) < 4.78 is 0. The number of amides is 1. The van der Waals surface area contributed by atoms with E-state index in [4.69, 9.17) is 5.73 Å². The average molecular weight is 326 g/mol. The van der Waals surface area contributed by atoms with E-state index in [-0.39, 0.29) is 36.8 Å². The molecule has 6 heteroatoms. The van der Waals surface area contributed by atoms with Crippen LogP contribution < -0.4 is 5.73 Å². The second kappa shape index (κ2) is 9.82. The number of rotatable bonds is 3. The van der Waals surface area contributed by atoms with Gasteiger partial charge in [0, 0.05) is 31.6 Å². The van der Waals surface area contributed by atoms with E-state index < -0.39 is 0 Å². The van der Waals surface area contributed by atoms with Crippen molar-refractivity contribution in [3.05, 3.63) is 0 Å². The second-order valence-electron chi connectivity index (χ2n) is 5.89. The van der Waals surface area contributed by atoms with Crippen LogP contribution in [0.3, 0.4) is 0 Å². The highest BCUT2D eigenvalue weighted by atomic mass is 35.5. The number of nitrogens with two attached hydrogens (primary N) is 1. The molecule has 0 aromatic rings. The van der Waals surface area contributed by atoms with Crippen LogP contribution in [0.25, 0.3) is 0 Å². The van der Waals surface area contributed by atoms with Gasteiger partial charge in [0.25, 0.3) is 0 Å². The van der Waals surface area contributed by atoms with Gasteiger partial charge in [0.05, 0.1) is 0 Å². The molecule has 2 aliphatic rings. The third-order valence-electron chi connectivity index (χ3n) is 4.20. The Morgan fingerprint density at radius 3 is 2.35 bits per heavy atom. The van der Waals surface area contributed by atoms with Crippen molar-refractivity contribution in [2.75, 3.05) is 26.2 Å². The monoisotopic (exact) mass is 325 g/mol. The lowest BCUT2D eigenvalue weighted by atomic mass is 10.1. The highest BCUT2D eigenvalue weighted by Crippen LogP contribution is 2.21. The fraction of sp³-hybridized carbons (Fsp3) is 0.929. The molecule has 2 N–H and O–H groups in total. The molecule has 2 fully saturated rings. The molecule has 0 spiro atoms. The van der Waals surface area contributed by atoms with Crippen molar-refractivity contribution in [3.63, 3.8) is 0 Å². The minimum absolute atomic E-state index is 0. The summed E-state index contributed by atoms with van der Waals surface area (Å²) in [6, 6.07) is 0.690. The average Bonchev–Trinajstić information content (AvgIpc) is 2.72. The Balaban J connectivity index is 0.00000180. The first-order valence-corrected chi connectivity index (χ1v) is 7.44. The molecule has 2 saturated heterocycles. The van der Waals surface area contributed by atoms with Gasteiger partial charge in [-0.1, -0.05) is 0 Å². The molecule has 4 nitrogen and oxygen atoms in total. The molecule has 0 radical (unpaired) electrons. The SMILES string of the molecule is CC(N)CC(=O)N1CCCC(N2CCCC2)CC1.Cl.Cl. The maximum absolute atomic E-state index is 12.0. The fourth-order valence-corrected chi connectivity index (χ4v) is 3.20. The van der Waals surface area contributed by atoms with Crippen molar-refractivity contribution < 1.29 is 4.79 Å². The van der Waals surface area contributed by atoms with Gasteiger partial charge in [0.2, 0.25) is 5.91 Å². The van der Waals surface area contributed by atoms with Gasteiger partial charge in [-0.15, -0.1) is 24.8 Å². The summed E-state index contributed by atoms with van der Waals surface area (Å²) in [5.41, 5.74) is 5.71. The standard InChI is InChI=1S/C14H27N3O.2ClH/c1-12(15)11-14(18)17-9-4-5-13(6-10-17)16-7-2-3-8-16;;/h12-13H,2-11,15H2,1H3;2*1H. The van der Waals surface area contributed by atoms with Crippen LogP contribution in [0.1, 0.15) is 45.4 Å². The predicted molar refractivity (Wildman–Crippen MR) is 87.8 cm³/mol. The molecule has 2 atom stereocenters. The lowest BCUT2D eigenvalue weighted by molar-refractivity contribution is -0.131. The zero-order valence-corrected chi connectivity index (χ0v) is 14.1. The smallest absolute Gasteiger partial charge is 0.224 e. The summed E-state index contributed by atoms with van der Waals surface area (Å²) in [6.45, 7) is 6.28. The summed E-state index contributed by atoms with van der Waals surface area (Å²) in [7, 11) is 0. The summed E-state index contributed by atoms with van der Waals surface area (Å²) >= 11 is 0. The summed E-state index contributed by atoms with van der Waals surface area (Å²) in [6.07, 6.45) is 6.74. The van der Waals surface area contributed by atoms with E-state index in [0.29, 0.717) is 12.5 Å². The Labute approximate surface area is 135 Å². The van der Waals surface area contributed by atoms with Gasteiger partial charge in [-0.2, -0.15) is 0 Å². The molecule has 1 amide bonds. The first-order valence-electron chi connectivity index (χ1n) is 7.44. The third kappa shape index (κ3) is 5.76. The van der Waals surface area contributed by atoms with Crippen LogP contribution in [0.15, 0.2) is 0 Å². The maximum atomic E-state index is 12.0. The normalized spacial score (nSPS) is 25.3. The Kier molecular flexibility index (Phi) is 9.81. The predicted octanol–water partition coefficient (Wildman–Crippen LogP) is 2.04. The number of hydrogen-bond donors (Lipinski definition) is 1. The number of carbonyl (C=O) groups is 1. The van der Waals surface area contributed by atoms with E-state index in [1.54, 1.807) is 0 Å². The Morgan fingerprint density at radius 2 is 1.75 bits per heavy atom. The minimum atomic E-state index is -0.0184. The highest BCUT2D eigenvalue weighted by Gasteiger charge is 2.26. The van der Waals surface area contributed by atoms with Crippen molar-refractivity contribution in [1.29, 1.82) is 0 Å². The molecule has 20 heavy (non-hydrogen) atoms. The minimum Gasteiger partial charge on any atom is -0.343 e. The molecule has 0 saturated carbocycles. The molecule has 2 heterocycles. The van der Waals surface area contributed by atoms with Crippen LogP contribution in [0, 0.1) is 0 Å². The number of halogens is 2. The van der Waals surface area contributed by atoms with Crippen molar-refractivity contribution in [2.24, 2.45) is 5.73 Å². The van der Waals surface area contributed by atoms with E-state index in [1.165, 1.54) is 32.4 Å². The molecule has 2 rings (SSSR count). The van der Waals surface area contributed by atoms with Crippen LogP contribution >= 0.6 is 24.8 Å². The number of carbonyl (C=O) groups excluding carboxylic acids is 1. The first kappa shape index (κ1) is 20.0. The Morgan fingerprint density at radius 1 is 1.10 bits per heavy atom. The lowest BCUT2D eigenvalue weighted by Crippen LogP contribution is -2.37. The van der Waals surface area contributed by atoms with E-state index >= 15 is 0 Å². The molecule has 0 aromatic carbocycles. The molecular formula is C14H29Cl2N3O. The van der Waals surface area contributed by atoms with Crippen molar-refractivity contribution in [1.82, 2.24) is 9.80 Å². The van der Waals surface area contributed by atoms with Crippen LogP contribution in [0.5, 0.6) is 0 Å². The Hall–Kier alpha value is -0.0300. The largest absolute Gasteiger partial charge is 0.343 e. The van der Waals surface area contributed by atoms with Gasteiger partial charge in [-0.05, 0) is 52.1 Å². The fourth-order valence-electron chi connectivity index (χ4n) is 3.20. The quantitative estimate of drug-likeness (QED) is 0.863. The van der Waals surface area contributed by atoms with Crippen LogP contribution in [-0.4, -0.2) is 54.0 Å². The lowest BCUT2D eigenvalue weighted by Gasteiger charge is -2.26. The molecule has 0 aromatic heterocycles. The number of nitrogens with zero attached hydrogens (tertiary/aromatic N) is 2.